The second-order valence-electron chi connectivity index (χ2n) is 4.67. The van der Waals surface area contributed by atoms with Crippen LogP contribution in [0.3, 0.4) is 0 Å². The lowest BCUT2D eigenvalue weighted by Gasteiger charge is -2.13. The normalized spacial score (nSPS) is 15.1. The smallest absolute Gasteiger partial charge is 0.246 e. The molecule has 0 heterocycles. The Morgan fingerprint density at radius 2 is 2.29 bits per heavy atom. The van der Waals surface area contributed by atoms with E-state index in [0.717, 1.165) is 18.0 Å². The molecule has 2 N–H and O–H groups in total. The van der Waals surface area contributed by atoms with Crippen LogP contribution in [-0.2, 0) is 4.79 Å². The van der Waals surface area contributed by atoms with Gasteiger partial charge in [0.1, 0.15) is 0 Å². The number of nitrogen functional groups attached to an aromatic ring is 1. The van der Waals surface area contributed by atoms with Crippen LogP contribution < -0.4 is 5.73 Å². The molecule has 0 atom stereocenters. The standard InChI is InChI=1S/C14H18N2O/c1-16(10-12-5-6-12)14(17)8-7-11-3-2-4-13(15)9-11/h2-4,7-9,12H,5-6,10,15H2,1H3/b8-7+. The van der Waals surface area contributed by atoms with Crippen LogP contribution in [0.25, 0.3) is 6.08 Å². The number of nitrogens with two attached hydrogens (primary N) is 1. The molecule has 1 aromatic carbocycles. The van der Waals surface area contributed by atoms with Gasteiger partial charge in [-0.2, -0.15) is 0 Å². The first-order chi connectivity index (χ1) is 8.15. The zero-order valence-electron chi connectivity index (χ0n) is 10.1. The largest absolute Gasteiger partial charge is 0.399 e. The van der Waals surface area contributed by atoms with Crippen molar-refractivity contribution in [2.24, 2.45) is 5.92 Å². The minimum Gasteiger partial charge on any atom is -0.399 e. The summed E-state index contributed by atoms with van der Waals surface area (Å²) in [4.78, 5) is 13.6. The van der Waals surface area contributed by atoms with Crippen molar-refractivity contribution in [3.05, 3.63) is 35.9 Å². The molecule has 0 aromatic heterocycles. The predicted molar refractivity (Wildman–Crippen MR) is 70.2 cm³/mol. The Labute approximate surface area is 102 Å². The molecule has 2 rings (SSSR count). The molecule has 1 fully saturated rings. The average molecular weight is 230 g/mol. The van der Waals surface area contributed by atoms with Crippen LogP contribution >= 0.6 is 0 Å². The van der Waals surface area contributed by atoms with Crippen LogP contribution in [0.5, 0.6) is 0 Å². The van der Waals surface area contributed by atoms with E-state index in [-0.39, 0.29) is 5.91 Å². The van der Waals surface area contributed by atoms with Crippen LogP contribution in [0, 0.1) is 5.92 Å². The van der Waals surface area contributed by atoms with Crippen LogP contribution in [0.1, 0.15) is 18.4 Å². The van der Waals surface area contributed by atoms with Gasteiger partial charge in [0, 0.05) is 25.4 Å². The number of hydrogen-bond acceptors (Lipinski definition) is 2. The molecule has 90 valence electrons. The minimum atomic E-state index is 0.0549. The summed E-state index contributed by atoms with van der Waals surface area (Å²) in [6.45, 7) is 0.875. The maximum atomic E-state index is 11.8. The SMILES string of the molecule is CN(CC1CC1)C(=O)/C=C/c1cccc(N)c1. The van der Waals surface area contributed by atoms with Gasteiger partial charge in [0.2, 0.25) is 5.91 Å². The molecular formula is C14H18N2O. The van der Waals surface area contributed by atoms with Gasteiger partial charge in [-0.3, -0.25) is 4.79 Å². The van der Waals surface area contributed by atoms with Gasteiger partial charge in [-0.1, -0.05) is 12.1 Å². The summed E-state index contributed by atoms with van der Waals surface area (Å²) in [7, 11) is 1.85. The van der Waals surface area contributed by atoms with Gasteiger partial charge in [-0.05, 0) is 42.5 Å². The molecule has 1 amide bonds. The first-order valence-corrected chi connectivity index (χ1v) is 5.94. The second kappa shape index (κ2) is 5.04. The maximum absolute atomic E-state index is 11.8. The lowest BCUT2D eigenvalue weighted by atomic mass is 10.2. The third-order valence-corrected chi connectivity index (χ3v) is 2.93. The highest BCUT2D eigenvalue weighted by Crippen LogP contribution is 2.29. The number of anilines is 1. The summed E-state index contributed by atoms with van der Waals surface area (Å²) >= 11 is 0. The van der Waals surface area contributed by atoms with Gasteiger partial charge in [0.25, 0.3) is 0 Å². The molecule has 0 aliphatic heterocycles. The summed E-state index contributed by atoms with van der Waals surface area (Å²) in [6, 6.07) is 7.50. The summed E-state index contributed by atoms with van der Waals surface area (Å²) in [5.74, 6) is 0.782. The van der Waals surface area contributed by atoms with Crippen LogP contribution in [0.4, 0.5) is 5.69 Å². The monoisotopic (exact) mass is 230 g/mol. The molecule has 0 bridgehead atoms. The van der Waals surface area contributed by atoms with Crippen LogP contribution in [0.15, 0.2) is 30.3 Å². The number of benzene rings is 1. The Morgan fingerprint density at radius 3 is 2.94 bits per heavy atom. The Morgan fingerprint density at radius 1 is 1.53 bits per heavy atom. The lowest BCUT2D eigenvalue weighted by Crippen LogP contribution is -2.26. The third kappa shape index (κ3) is 3.63. The van der Waals surface area contributed by atoms with Crippen molar-refractivity contribution >= 4 is 17.7 Å². The Kier molecular flexibility index (Phi) is 3.47. The van der Waals surface area contributed by atoms with E-state index in [1.807, 2.05) is 37.4 Å². The fourth-order valence-corrected chi connectivity index (χ4v) is 1.74. The highest BCUT2D eigenvalue weighted by molar-refractivity contribution is 5.91. The highest BCUT2D eigenvalue weighted by atomic mass is 16.2. The number of nitrogens with zero attached hydrogens (tertiary/aromatic N) is 1. The van der Waals surface area contributed by atoms with E-state index < -0.39 is 0 Å². The minimum absolute atomic E-state index is 0.0549. The molecule has 1 aliphatic carbocycles. The molecule has 1 saturated carbocycles. The molecule has 0 saturated heterocycles. The van der Waals surface area contributed by atoms with Gasteiger partial charge in [-0.25, -0.2) is 0 Å². The molecular weight excluding hydrogens is 212 g/mol. The van der Waals surface area contributed by atoms with E-state index in [1.54, 1.807) is 11.0 Å². The third-order valence-electron chi connectivity index (χ3n) is 2.93. The Hall–Kier alpha value is -1.77. The molecule has 0 radical (unpaired) electrons. The van der Waals surface area contributed by atoms with Gasteiger partial charge in [0.05, 0.1) is 0 Å². The van der Waals surface area contributed by atoms with E-state index in [4.69, 9.17) is 5.73 Å². The van der Waals surface area contributed by atoms with Crippen molar-refractivity contribution in [3.63, 3.8) is 0 Å². The summed E-state index contributed by atoms with van der Waals surface area (Å²) in [6.07, 6.45) is 5.94. The van der Waals surface area contributed by atoms with Crippen molar-refractivity contribution in [2.45, 2.75) is 12.8 Å². The van der Waals surface area contributed by atoms with Crippen molar-refractivity contribution in [1.82, 2.24) is 4.90 Å². The Balaban J connectivity index is 1.92. The van der Waals surface area contributed by atoms with Crippen molar-refractivity contribution < 1.29 is 4.79 Å². The molecule has 17 heavy (non-hydrogen) atoms. The topological polar surface area (TPSA) is 46.3 Å². The second-order valence-corrected chi connectivity index (χ2v) is 4.67. The van der Waals surface area contributed by atoms with E-state index in [0.29, 0.717) is 5.69 Å². The fraction of sp³-hybridized carbons (Fsp3) is 0.357. The quantitative estimate of drug-likeness (QED) is 0.636. The Bertz CT molecular complexity index is 436. The molecule has 1 aliphatic rings. The van der Waals surface area contributed by atoms with Crippen molar-refractivity contribution in [1.29, 1.82) is 0 Å². The molecule has 1 aromatic rings. The first kappa shape index (κ1) is 11.7. The molecule has 0 spiro atoms. The van der Waals surface area contributed by atoms with E-state index >= 15 is 0 Å². The van der Waals surface area contributed by atoms with Crippen LogP contribution in [-0.4, -0.2) is 24.4 Å². The predicted octanol–water partition coefficient (Wildman–Crippen LogP) is 2.15. The number of carbonyl (C=O) groups excluding carboxylic acids is 1. The molecule has 3 heteroatoms. The van der Waals surface area contributed by atoms with Gasteiger partial charge < -0.3 is 10.6 Å². The maximum Gasteiger partial charge on any atom is 0.246 e. The summed E-state index contributed by atoms with van der Waals surface area (Å²) in [5, 5.41) is 0. The average Bonchev–Trinajstić information content (AvgIpc) is 3.10. The van der Waals surface area contributed by atoms with Gasteiger partial charge in [-0.15, -0.1) is 0 Å². The van der Waals surface area contributed by atoms with Crippen LogP contribution in [0.2, 0.25) is 0 Å². The number of likely N-dealkylation sites (N-methyl/N-ethyl adjacent to an activating group) is 1. The van der Waals surface area contributed by atoms with Gasteiger partial charge in [0.15, 0.2) is 0 Å². The number of rotatable bonds is 4. The van der Waals surface area contributed by atoms with Crippen molar-refractivity contribution in [2.75, 3.05) is 19.3 Å². The first-order valence-electron chi connectivity index (χ1n) is 5.94. The van der Waals surface area contributed by atoms with Crippen molar-refractivity contribution in [3.8, 4) is 0 Å². The number of carbonyl (C=O) groups is 1. The lowest BCUT2D eigenvalue weighted by molar-refractivity contribution is -0.124. The zero-order chi connectivity index (χ0) is 12.3. The van der Waals surface area contributed by atoms with E-state index in [2.05, 4.69) is 0 Å². The zero-order valence-corrected chi connectivity index (χ0v) is 10.1. The van der Waals surface area contributed by atoms with E-state index in [1.165, 1.54) is 12.8 Å². The molecule has 3 nitrogen and oxygen atoms in total. The molecule has 0 unspecified atom stereocenters. The number of hydrogen-bond donors (Lipinski definition) is 1. The van der Waals surface area contributed by atoms with Gasteiger partial charge >= 0.3 is 0 Å². The summed E-state index contributed by atoms with van der Waals surface area (Å²) in [5.41, 5.74) is 7.34. The number of amides is 1. The summed E-state index contributed by atoms with van der Waals surface area (Å²) < 4.78 is 0. The highest BCUT2D eigenvalue weighted by Gasteiger charge is 2.23. The van der Waals surface area contributed by atoms with E-state index in [9.17, 15) is 4.79 Å². The fourth-order valence-electron chi connectivity index (χ4n) is 1.74.